The highest BCUT2D eigenvalue weighted by molar-refractivity contribution is 5.92. The average Bonchev–Trinajstić information content (AvgIpc) is 3.13. The van der Waals surface area contributed by atoms with Crippen LogP contribution >= 0.6 is 0 Å². The second-order valence-corrected chi connectivity index (χ2v) is 5.31. The second-order valence-electron chi connectivity index (χ2n) is 5.31. The molecule has 2 N–H and O–H groups in total. The van der Waals surface area contributed by atoms with Crippen LogP contribution in [0.2, 0.25) is 0 Å². The molecule has 2 aromatic rings. The number of carbonyl (C=O) groups is 1. The number of hydrogen-bond acceptors (Lipinski definition) is 4. The lowest BCUT2D eigenvalue weighted by molar-refractivity contribution is 0.0658. The highest BCUT2D eigenvalue weighted by Gasteiger charge is 2.35. The van der Waals surface area contributed by atoms with Crippen LogP contribution in [0.5, 0.6) is 0 Å². The highest BCUT2D eigenvalue weighted by atomic mass is 19.1. The quantitative estimate of drug-likeness (QED) is 0.869. The smallest absolute Gasteiger partial charge is 0.274 e. The van der Waals surface area contributed by atoms with Crippen molar-refractivity contribution in [2.45, 2.75) is 18.6 Å². The second kappa shape index (κ2) is 5.86. The first-order chi connectivity index (χ1) is 10.6. The molecule has 2 unspecified atom stereocenters. The molecule has 1 aromatic heterocycles. The molecule has 1 aromatic carbocycles. The molecule has 22 heavy (non-hydrogen) atoms. The van der Waals surface area contributed by atoms with Crippen LogP contribution in [0, 0.1) is 5.82 Å². The lowest BCUT2D eigenvalue weighted by Gasteiger charge is -2.21. The molecule has 0 spiro atoms. The van der Waals surface area contributed by atoms with Crippen molar-refractivity contribution >= 4 is 5.91 Å². The standard InChI is InChI=1S/C15H16FN3O3/c16-10-2-1-3-11(6-10)19-5-4-14(17-19)15(22)18-8-13(21)7-12(18)9-20/h1-6,12-13,20-21H,7-9H2. The SMILES string of the molecule is O=C(c1ccn(-c2cccc(F)c2)n1)N1CC(O)CC1CO. The Morgan fingerprint density at radius 2 is 2.23 bits per heavy atom. The maximum absolute atomic E-state index is 13.2. The summed E-state index contributed by atoms with van der Waals surface area (Å²) in [4.78, 5) is 13.8. The number of aliphatic hydroxyl groups excluding tert-OH is 2. The molecular weight excluding hydrogens is 289 g/mol. The van der Waals surface area contributed by atoms with Gasteiger partial charge in [-0.3, -0.25) is 4.79 Å². The molecule has 2 atom stereocenters. The summed E-state index contributed by atoms with van der Waals surface area (Å²) >= 11 is 0. The fraction of sp³-hybridized carbons (Fsp3) is 0.333. The molecular formula is C15H16FN3O3. The van der Waals surface area contributed by atoms with E-state index in [1.165, 1.54) is 27.8 Å². The van der Waals surface area contributed by atoms with E-state index in [1.54, 1.807) is 18.3 Å². The van der Waals surface area contributed by atoms with Gasteiger partial charge in [0.1, 0.15) is 5.82 Å². The van der Waals surface area contributed by atoms with E-state index in [0.717, 1.165) is 0 Å². The number of nitrogens with zero attached hydrogens (tertiary/aromatic N) is 3. The van der Waals surface area contributed by atoms with Crippen LogP contribution in [0.25, 0.3) is 5.69 Å². The molecule has 7 heteroatoms. The molecule has 116 valence electrons. The number of carbonyl (C=O) groups excluding carboxylic acids is 1. The van der Waals surface area contributed by atoms with Crippen molar-refractivity contribution in [3.63, 3.8) is 0 Å². The number of β-amino-alcohol motifs (C(OH)–C–C–N with tert-alkyl or cyclic N) is 1. The highest BCUT2D eigenvalue weighted by Crippen LogP contribution is 2.20. The number of benzene rings is 1. The predicted octanol–water partition coefficient (Wildman–Crippen LogP) is 0.579. The lowest BCUT2D eigenvalue weighted by Crippen LogP contribution is -2.38. The molecule has 1 amide bonds. The fourth-order valence-corrected chi connectivity index (χ4v) is 2.66. The number of amides is 1. The van der Waals surface area contributed by atoms with Crippen molar-refractivity contribution in [1.82, 2.24) is 14.7 Å². The van der Waals surface area contributed by atoms with Gasteiger partial charge in [-0.25, -0.2) is 9.07 Å². The molecule has 1 fully saturated rings. The van der Waals surface area contributed by atoms with Gasteiger partial charge in [-0.15, -0.1) is 0 Å². The summed E-state index contributed by atoms with van der Waals surface area (Å²) in [6.07, 6.45) is 1.29. The van der Waals surface area contributed by atoms with E-state index in [2.05, 4.69) is 5.10 Å². The Morgan fingerprint density at radius 3 is 2.95 bits per heavy atom. The fourth-order valence-electron chi connectivity index (χ4n) is 2.66. The first kappa shape index (κ1) is 14.7. The largest absolute Gasteiger partial charge is 0.394 e. The summed E-state index contributed by atoms with van der Waals surface area (Å²) in [6, 6.07) is 7.02. The topological polar surface area (TPSA) is 78.6 Å². The van der Waals surface area contributed by atoms with Crippen molar-refractivity contribution in [3.8, 4) is 5.69 Å². The Balaban J connectivity index is 1.83. The van der Waals surface area contributed by atoms with Crippen LogP contribution in [0.1, 0.15) is 16.9 Å². The number of hydrogen-bond donors (Lipinski definition) is 2. The molecule has 0 aliphatic carbocycles. The van der Waals surface area contributed by atoms with Crippen LogP contribution < -0.4 is 0 Å². The summed E-state index contributed by atoms with van der Waals surface area (Å²) in [5, 5.41) is 23.1. The minimum absolute atomic E-state index is 0.177. The van der Waals surface area contributed by atoms with E-state index in [9.17, 15) is 19.4 Å². The van der Waals surface area contributed by atoms with Crippen molar-refractivity contribution < 1.29 is 19.4 Å². The first-order valence-corrected chi connectivity index (χ1v) is 7.00. The van der Waals surface area contributed by atoms with Crippen molar-refractivity contribution in [3.05, 3.63) is 48.0 Å². The number of likely N-dealkylation sites (tertiary alicyclic amines) is 1. The molecule has 1 aliphatic rings. The van der Waals surface area contributed by atoms with Gasteiger partial charge in [0.2, 0.25) is 0 Å². The van der Waals surface area contributed by atoms with E-state index < -0.39 is 12.1 Å². The Bertz CT molecular complexity index is 688. The van der Waals surface area contributed by atoms with E-state index in [4.69, 9.17) is 0 Å². The van der Waals surface area contributed by atoms with Gasteiger partial charge in [-0.1, -0.05) is 6.07 Å². The summed E-state index contributed by atoms with van der Waals surface area (Å²) < 4.78 is 14.6. The lowest BCUT2D eigenvalue weighted by atomic mass is 10.2. The summed E-state index contributed by atoms with van der Waals surface area (Å²) in [5.41, 5.74) is 0.705. The maximum atomic E-state index is 13.2. The van der Waals surface area contributed by atoms with Crippen LogP contribution in [0.4, 0.5) is 4.39 Å². The summed E-state index contributed by atoms with van der Waals surface area (Å²) in [6.45, 7) is -0.0235. The zero-order chi connectivity index (χ0) is 15.7. The monoisotopic (exact) mass is 305 g/mol. The molecule has 0 saturated carbocycles. The molecule has 6 nitrogen and oxygen atoms in total. The molecule has 0 bridgehead atoms. The van der Waals surface area contributed by atoms with E-state index in [1.807, 2.05) is 0 Å². The van der Waals surface area contributed by atoms with E-state index in [0.29, 0.717) is 12.1 Å². The van der Waals surface area contributed by atoms with Crippen LogP contribution in [-0.4, -0.2) is 56.1 Å². The van der Waals surface area contributed by atoms with Gasteiger partial charge in [-0.05, 0) is 30.7 Å². The maximum Gasteiger partial charge on any atom is 0.274 e. The molecule has 1 aliphatic heterocycles. The van der Waals surface area contributed by atoms with Gasteiger partial charge in [0.05, 0.1) is 24.4 Å². The Hall–Kier alpha value is -2.25. The van der Waals surface area contributed by atoms with E-state index in [-0.39, 0.29) is 30.6 Å². The number of aliphatic hydroxyl groups is 2. The van der Waals surface area contributed by atoms with Gasteiger partial charge in [0.25, 0.3) is 5.91 Å². The summed E-state index contributed by atoms with van der Waals surface area (Å²) in [5.74, 6) is -0.741. The van der Waals surface area contributed by atoms with Crippen molar-refractivity contribution in [2.24, 2.45) is 0 Å². The third-order valence-electron chi connectivity index (χ3n) is 3.74. The predicted molar refractivity (Wildman–Crippen MR) is 76.1 cm³/mol. The zero-order valence-electron chi connectivity index (χ0n) is 11.8. The van der Waals surface area contributed by atoms with Gasteiger partial charge in [-0.2, -0.15) is 5.10 Å². The molecule has 3 rings (SSSR count). The average molecular weight is 305 g/mol. The molecule has 0 radical (unpaired) electrons. The van der Waals surface area contributed by atoms with Crippen LogP contribution in [-0.2, 0) is 0 Å². The summed E-state index contributed by atoms with van der Waals surface area (Å²) in [7, 11) is 0. The first-order valence-electron chi connectivity index (χ1n) is 7.00. The van der Waals surface area contributed by atoms with Crippen LogP contribution in [0.3, 0.4) is 0 Å². The zero-order valence-corrected chi connectivity index (χ0v) is 11.8. The van der Waals surface area contributed by atoms with Crippen molar-refractivity contribution in [1.29, 1.82) is 0 Å². The van der Waals surface area contributed by atoms with Gasteiger partial charge >= 0.3 is 0 Å². The van der Waals surface area contributed by atoms with Crippen LogP contribution in [0.15, 0.2) is 36.5 Å². The molecule has 2 heterocycles. The van der Waals surface area contributed by atoms with Gasteiger partial charge in [0, 0.05) is 12.7 Å². The third-order valence-corrected chi connectivity index (χ3v) is 3.74. The van der Waals surface area contributed by atoms with Crippen molar-refractivity contribution in [2.75, 3.05) is 13.2 Å². The Kier molecular flexibility index (Phi) is 3.91. The third kappa shape index (κ3) is 2.72. The number of aromatic nitrogens is 2. The van der Waals surface area contributed by atoms with Gasteiger partial charge in [0.15, 0.2) is 5.69 Å². The normalized spacial score (nSPS) is 21.3. The van der Waals surface area contributed by atoms with Gasteiger partial charge < -0.3 is 15.1 Å². The molecule has 1 saturated heterocycles. The minimum Gasteiger partial charge on any atom is -0.394 e. The minimum atomic E-state index is -0.633. The number of rotatable bonds is 3. The number of halogens is 1. The van der Waals surface area contributed by atoms with E-state index >= 15 is 0 Å². The Morgan fingerprint density at radius 1 is 1.41 bits per heavy atom. The Labute approximate surface area is 126 Å².